The van der Waals surface area contributed by atoms with Crippen LogP contribution in [-0.4, -0.2) is 51.2 Å². The Morgan fingerprint density at radius 3 is 3.14 bits per heavy atom. The number of thiazole rings is 1. The molecule has 0 N–H and O–H groups in total. The number of rotatable bonds is 2. The van der Waals surface area contributed by atoms with Gasteiger partial charge in [0.15, 0.2) is 5.82 Å². The molecular weight excluding hydrogens is 304 g/mol. The number of piperidine rings is 1. The van der Waals surface area contributed by atoms with Crippen molar-refractivity contribution in [1.29, 1.82) is 0 Å². The molecule has 2 aromatic heterocycles. The van der Waals surface area contributed by atoms with E-state index < -0.39 is 0 Å². The Morgan fingerprint density at radius 1 is 1.50 bits per heavy atom. The molecule has 4 heterocycles. The second kappa shape index (κ2) is 5.44. The van der Waals surface area contributed by atoms with Gasteiger partial charge < -0.3 is 14.2 Å². The number of ether oxygens (including phenoxy) is 1. The van der Waals surface area contributed by atoms with E-state index >= 15 is 0 Å². The minimum atomic E-state index is -0.0392. The van der Waals surface area contributed by atoms with Gasteiger partial charge in [0.2, 0.25) is 5.89 Å². The molecule has 2 fully saturated rings. The smallest absolute Gasteiger partial charge is 0.273 e. The zero-order valence-electron chi connectivity index (χ0n) is 12.1. The summed E-state index contributed by atoms with van der Waals surface area (Å²) in [6.45, 7) is 3.05. The molecule has 0 unspecified atom stereocenters. The number of hydrogen-bond acceptors (Lipinski definition) is 7. The van der Waals surface area contributed by atoms with Gasteiger partial charge in [0.1, 0.15) is 5.69 Å². The van der Waals surface area contributed by atoms with Gasteiger partial charge in [-0.05, 0) is 19.8 Å². The summed E-state index contributed by atoms with van der Waals surface area (Å²) in [5, 5.41) is 5.64. The van der Waals surface area contributed by atoms with E-state index in [0.29, 0.717) is 30.6 Å². The lowest BCUT2D eigenvalue weighted by atomic mass is 9.89. The predicted molar refractivity (Wildman–Crippen MR) is 77.7 cm³/mol. The van der Waals surface area contributed by atoms with Crippen LogP contribution in [0.4, 0.5) is 0 Å². The number of carbonyl (C=O) groups excluding carboxylic acids is 1. The lowest BCUT2D eigenvalue weighted by Crippen LogP contribution is -2.51. The Bertz CT molecular complexity index is 671. The molecule has 2 saturated heterocycles. The van der Waals surface area contributed by atoms with Crippen molar-refractivity contribution in [1.82, 2.24) is 20.0 Å². The maximum absolute atomic E-state index is 12.7. The lowest BCUT2D eigenvalue weighted by Gasteiger charge is -2.39. The standard InChI is InChI=1S/C14H16N4O3S/c1-8-16-13(21-17-8)9-4-12-11(2-3-20-12)18(5-9)14(19)10-6-22-7-15-10/h6-7,9,11-12H,2-5H2,1H3/t9-,11+,12+/m0/s1. The molecule has 22 heavy (non-hydrogen) atoms. The van der Waals surface area contributed by atoms with Crippen LogP contribution < -0.4 is 0 Å². The molecule has 3 atom stereocenters. The SMILES string of the molecule is Cc1noc([C@H]2C[C@H]3OCC[C@H]3N(C(=O)c3cscn3)C2)n1. The fraction of sp³-hybridized carbons (Fsp3) is 0.571. The maximum atomic E-state index is 12.7. The van der Waals surface area contributed by atoms with Gasteiger partial charge in [-0.2, -0.15) is 4.98 Å². The average molecular weight is 320 g/mol. The zero-order valence-corrected chi connectivity index (χ0v) is 13.0. The van der Waals surface area contributed by atoms with Crippen LogP contribution in [0.3, 0.4) is 0 Å². The monoisotopic (exact) mass is 320 g/mol. The van der Waals surface area contributed by atoms with Crippen LogP contribution >= 0.6 is 11.3 Å². The Morgan fingerprint density at radius 2 is 2.41 bits per heavy atom. The van der Waals surface area contributed by atoms with Crippen LogP contribution in [0.2, 0.25) is 0 Å². The number of hydrogen-bond donors (Lipinski definition) is 0. The first-order chi connectivity index (χ1) is 10.7. The van der Waals surface area contributed by atoms with Crippen LogP contribution in [0, 0.1) is 6.92 Å². The van der Waals surface area contributed by atoms with Crippen molar-refractivity contribution in [3.8, 4) is 0 Å². The highest BCUT2D eigenvalue weighted by Gasteiger charge is 2.44. The van der Waals surface area contributed by atoms with Crippen molar-refractivity contribution in [3.63, 3.8) is 0 Å². The third-order valence-electron chi connectivity index (χ3n) is 4.31. The summed E-state index contributed by atoms with van der Waals surface area (Å²) in [4.78, 5) is 23.1. The Balaban J connectivity index is 1.62. The summed E-state index contributed by atoms with van der Waals surface area (Å²) in [5.41, 5.74) is 2.18. The predicted octanol–water partition coefficient (Wildman–Crippen LogP) is 1.62. The average Bonchev–Trinajstić information content (AvgIpc) is 3.26. The molecule has 116 valence electrons. The normalized spacial score (nSPS) is 27.9. The van der Waals surface area contributed by atoms with Gasteiger partial charge in [-0.1, -0.05) is 5.16 Å². The first kappa shape index (κ1) is 13.8. The molecular formula is C14H16N4O3S. The van der Waals surface area contributed by atoms with Crippen molar-refractivity contribution < 1.29 is 14.1 Å². The Hall–Kier alpha value is -1.80. The van der Waals surface area contributed by atoms with E-state index in [-0.39, 0.29) is 24.0 Å². The van der Waals surface area contributed by atoms with Crippen molar-refractivity contribution in [2.75, 3.05) is 13.2 Å². The van der Waals surface area contributed by atoms with Gasteiger partial charge in [-0.3, -0.25) is 4.79 Å². The van der Waals surface area contributed by atoms with Crippen LogP contribution in [-0.2, 0) is 4.74 Å². The number of nitrogens with zero attached hydrogens (tertiary/aromatic N) is 4. The third kappa shape index (κ3) is 2.32. The third-order valence-corrected chi connectivity index (χ3v) is 4.90. The van der Waals surface area contributed by atoms with E-state index in [9.17, 15) is 4.79 Å². The Labute approximate surface area is 131 Å². The lowest BCUT2D eigenvalue weighted by molar-refractivity contribution is 0.0122. The van der Waals surface area contributed by atoms with E-state index in [1.165, 1.54) is 11.3 Å². The molecule has 0 saturated carbocycles. The van der Waals surface area contributed by atoms with E-state index in [1.807, 2.05) is 4.90 Å². The molecule has 1 amide bonds. The molecule has 8 heteroatoms. The van der Waals surface area contributed by atoms with Crippen LogP contribution in [0.1, 0.15) is 41.0 Å². The molecule has 2 aliphatic rings. The summed E-state index contributed by atoms with van der Waals surface area (Å²) in [7, 11) is 0. The van der Waals surface area contributed by atoms with Crippen molar-refractivity contribution in [2.24, 2.45) is 0 Å². The second-order valence-corrected chi connectivity index (χ2v) is 6.43. The van der Waals surface area contributed by atoms with Crippen molar-refractivity contribution >= 4 is 17.2 Å². The van der Waals surface area contributed by atoms with Gasteiger partial charge in [0.25, 0.3) is 5.91 Å². The number of aryl methyl sites for hydroxylation is 1. The highest BCUT2D eigenvalue weighted by molar-refractivity contribution is 7.07. The second-order valence-electron chi connectivity index (χ2n) is 5.71. The summed E-state index contributed by atoms with van der Waals surface area (Å²) in [6.07, 6.45) is 1.72. The molecule has 4 rings (SSSR count). The first-order valence-corrected chi connectivity index (χ1v) is 8.27. The number of amides is 1. The highest BCUT2D eigenvalue weighted by Crippen LogP contribution is 2.36. The maximum Gasteiger partial charge on any atom is 0.273 e. The molecule has 7 nitrogen and oxygen atoms in total. The zero-order chi connectivity index (χ0) is 15.1. The molecule has 0 radical (unpaired) electrons. The molecule has 0 spiro atoms. The largest absolute Gasteiger partial charge is 0.376 e. The van der Waals surface area contributed by atoms with Gasteiger partial charge >= 0.3 is 0 Å². The summed E-state index contributed by atoms with van der Waals surface area (Å²) in [6, 6.07) is 0.120. The van der Waals surface area contributed by atoms with E-state index in [1.54, 1.807) is 17.8 Å². The van der Waals surface area contributed by atoms with Crippen molar-refractivity contribution in [3.05, 3.63) is 28.3 Å². The van der Waals surface area contributed by atoms with Crippen LogP contribution in [0.15, 0.2) is 15.4 Å². The molecule has 2 aromatic rings. The van der Waals surface area contributed by atoms with E-state index in [2.05, 4.69) is 15.1 Å². The minimum Gasteiger partial charge on any atom is -0.376 e. The summed E-state index contributed by atoms with van der Waals surface area (Å²) in [5.74, 6) is 1.18. The van der Waals surface area contributed by atoms with E-state index in [0.717, 1.165) is 12.8 Å². The highest BCUT2D eigenvalue weighted by atomic mass is 32.1. The first-order valence-electron chi connectivity index (χ1n) is 7.33. The Kier molecular flexibility index (Phi) is 3.42. The fourth-order valence-corrected chi connectivity index (χ4v) is 3.83. The number of carbonyl (C=O) groups is 1. The molecule has 0 aromatic carbocycles. The fourth-order valence-electron chi connectivity index (χ4n) is 3.30. The summed E-state index contributed by atoms with van der Waals surface area (Å²) >= 11 is 1.43. The number of likely N-dealkylation sites (tertiary alicyclic amines) is 1. The quantitative estimate of drug-likeness (QED) is 0.836. The topological polar surface area (TPSA) is 81.4 Å². The van der Waals surface area contributed by atoms with Gasteiger partial charge in [-0.15, -0.1) is 11.3 Å². The van der Waals surface area contributed by atoms with Gasteiger partial charge in [0, 0.05) is 18.5 Å². The van der Waals surface area contributed by atoms with Crippen LogP contribution in [0.5, 0.6) is 0 Å². The van der Waals surface area contributed by atoms with E-state index in [4.69, 9.17) is 9.26 Å². The van der Waals surface area contributed by atoms with Gasteiger partial charge in [-0.25, -0.2) is 4.98 Å². The number of aromatic nitrogens is 3. The molecule has 2 aliphatic heterocycles. The van der Waals surface area contributed by atoms with Crippen molar-refractivity contribution in [2.45, 2.75) is 37.8 Å². The van der Waals surface area contributed by atoms with Crippen LogP contribution in [0.25, 0.3) is 0 Å². The number of fused-ring (bicyclic) bond motifs is 1. The summed E-state index contributed by atoms with van der Waals surface area (Å²) < 4.78 is 11.1. The molecule has 0 aliphatic carbocycles. The molecule has 0 bridgehead atoms. The van der Waals surface area contributed by atoms with Gasteiger partial charge in [0.05, 0.1) is 23.6 Å². The minimum absolute atomic E-state index is 0.0168.